The molecule has 0 saturated carbocycles. The number of hydrogen-bond donors (Lipinski definition) is 1. The van der Waals surface area contributed by atoms with Crippen molar-refractivity contribution in [2.75, 3.05) is 0 Å². The Kier molecular flexibility index (Phi) is 3.64. The second kappa shape index (κ2) is 4.58. The van der Waals surface area contributed by atoms with E-state index in [0.717, 1.165) is 16.7 Å². The predicted octanol–water partition coefficient (Wildman–Crippen LogP) is 2.47. The van der Waals surface area contributed by atoms with Crippen LogP contribution in [0.4, 0.5) is 0 Å². The lowest BCUT2D eigenvalue weighted by molar-refractivity contribution is 0.0940. The van der Waals surface area contributed by atoms with Crippen LogP contribution in [0.1, 0.15) is 35.3 Å². The Balaban J connectivity index is 3.05. The summed E-state index contributed by atoms with van der Waals surface area (Å²) in [5, 5.41) is 0. The van der Waals surface area contributed by atoms with Gasteiger partial charge in [0, 0.05) is 5.56 Å². The maximum Gasteiger partial charge on any atom is 0.180 e. The van der Waals surface area contributed by atoms with Crippen LogP contribution in [0.5, 0.6) is 0 Å². The molecule has 0 aliphatic heterocycles. The van der Waals surface area contributed by atoms with Crippen molar-refractivity contribution in [1.82, 2.24) is 0 Å². The number of benzene rings is 1. The smallest absolute Gasteiger partial charge is 0.180 e. The van der Waals surface area contributed by atoms with Gasteiger partial charge in [-0.1, -0.05) is 31.5 Å². The van der Waals surface area contributed by atoms with Crippen molar-refractivity contribution in [2.24, 2.45) is 11.7 Å². The fourth-order valence-corrected chi connectivity index (χ4v) is 1.48. The maximum atomic E-state index is 12.0. The number of nitrogens with two attached hydrogens (primary N) is 1. The van der Waals surface area contributed by atoms with E-state index in [2.05, 4.69) is 0 Å². The van der Waals surface area contributed by atoms with E-state index in [9.17, 15) is 4.79 Å². The summed E-state index contributed by atoms with van der Waals surface area (Å²) in [7, 11) is 0. The average molecular weight is 205 g/mol. The van der Waals surface area contributed by atoms with Crippen molar-refractivity contribution < 1.29 is 4.79 Å². The van der Waals surface area contributed by atoms with E-state index in [0.29, 0.717) is 0 Å². The standard InChI is InChI=1S/C13H19NO/c1-8(2)12(14)13(15)11-7-9(3)5-6-10(11)4/h5-8,12H,14H2,1-4H3. The van der Waals surface area contributed by atoms with Gasteiger partial charge in [-0.3, -0.25) is 4.79 Å². The molecule has 0 amide bonds. The van der Waals surface area contributed by atoms with Gasteiger partial charge in [-0.2, -0.15) is 0 Å². The highest BCUT2D eigenvalue weighted by Crippen LogP contribution is 2.15. The van der Waals surface area contributed by atoms with E-state index < -0.39 is 6.04 Å². The summed E-state index contributed by atoms with van der Waals surface area (Å²) < 4.78 is 0. The Morgan fingerprint density at radius 2 is 1.87 bits per heavy atom. The lowest BCUT2D eigenvalue weighted by Gasteiger charge is -2.15. The highest BCUT2D eigenvalue weighted by atomic mass is 16.1. The molecule has 1 unspecified atom stereocenters. The number of rotatable bonds is 3. The Morgan fingerprint density at radius 1 is 1.27 bits per heavy atom. The Morgan fingerprint density at radius 3 is 2.40 bits per heavy atom. The second-order valence-electron chi connectivity index (χ2n) is 4.45. The molecule has 82 valence electrons. The molecule has 2 N–H and O–H groups in total. The van der Waals surface area contributed by atoms with Gasteiger partial charge in [0.1, 0.15) is 0 Å². The third kappa shape index (κ3) is 2.66. The van der Waals surface area contributed by atoms with Gasteiger partial charge >= 0.3 is 0 Å². The minimum Gasteiger partial charge on any atom is -0.321 e. The molecule has 0 radical (unpaired) electrons. The summed E-state index contributed by atoms with van der Waals surface area (Å²) >= 11 is 0. The first-order valence-corrected chi connectivity index (χ1v) is 5.30. The van der Waals surface area contributed by atoms with Crippen molar-refractivity contribution >= 4 is 5.78 Å². The van der Waals surface area contributed by atoms with Crippen LogP contribution in [-0.2, 0) is 0 Å². The summed E-state index contributed by atoms with van der Waals surface area (Å²) in [6.07, 6.45) is 0. The third-order valence-corrected chi connectivity index (χ3v) is 2.68. The molecule has 0 aliphatic carbocycles. The largest absolute Gasteiger partial charge is 0.321 e. The second-order valence-corrected chi connectivity index (χ2v) is 4.45. The summed E-state index contributed by atoms with van der Waals surface area (Å²) in [4.78, 5) is 12.0. The number of ketones is 1. The Bertz CT molecular complexity index is 369. The molecule has 0 fully saturated rings. The van der Waals surface area contributed by atoms with Crippen LogP contribution in [-0.4, -0.2) is 11.8 Å². The van der Waals surface area contributed by atoms with E-state index in [4.69, 9.17) is 5.73 Å². The highest BCUT2D eigenvalue weighted by Gasteiger charge is 2.20. The molecule has 1 rings (SSSR count). The molecule has 2 heteroatoms. The molecule has 2 nitrogen and oxygen atoms in total. The van der Waals surface area contributed by atoms with Gasteiger partial charge in [0.25, 0.3) is 0 Å². The minimum atomic E-state index is -0.398. The van der Waals surface area contributed by atoms with E-state index in [1.165, 1.54) is 0 Å². The first-order chi connectivity index (χ1) is 6.93. The average Bonchev–Trinajstić information content (AvgIpc) is 2.19. The normalized spacial score (nSPS) is 12.9. The number of aryl methyl sites for hydroxylation is 2. The molecule has 0 aliphatic rings. The molecule has 1 aromatic rings. The Hall–Kier alpha value is -1.15. The molecular weight excluding hydrogens is 186 g/mol. The zero-order valence-corrected chi connectivity index (χ0v) is 9.87. The summed E-state index contributed by atoms with van der Waals surface area (Å²) in [5.74, 6) is 0.226. The first kappa shape index (κ1) is 11.9. The zero-order chi connectivity index (χ0) is 11.6. The molecule has 0 spiro atoms. The van der Waals surface area contributed by atoms with Crippen LogP contribution in [0, 0.1) is 19.8 Å². The van der Waals surface area contributed by atoms with E-state index >= 15 is 0 Å². The SMILES string of the molecule is Cc1ccc(C)c(C(=O)C(N)C(C)C)c1. The molecule has 0 saturated heterocycles. The van der Waals surface area contributed by atoms with Gasteiger partial charge in [0.2, 0.25) is 0 Å². The maximum absolute atomic E-state index is 12.0. The van der Waals surface area contributed by atoms with Gasteiger partial charge in [0.05, 0.1) is 6.04 Å². The van der Waals surface area contributed by atoms with Gasteiger partial charge in [-0.25, -0.2) is 0 Å². The van der Waals surface area contributed by atoms with Crippen LogP contribution in [0.25, 0.3) is 0 Å². The van der Waals surface area contributed by atoms with Gasteiger partial charge in [0.15, 0.2) is 5.78 Å². The van der Waals surface area contributed by atoms with Crippen molar-refractivity contribution in [3.63, 3.8) is 0 Å². The molecule has 1 aromatic carbocycles. The van der Waals surface area contributed by atoms with Crippen LogP contribution in [0.3, 0.4) is 0 Å². The van der Waals surface area contributed by atoms with Crippen LogP contribution in [0.15, 0.2) is 18.2 Å². The van der Waals surface area contributed by atoms with Crippen LogP contribution < -0.4 is 5.73 Å². The fourth-order valence-electron chi connectivity index (χ4n) is 1.48. The molecular formula is C13H19NO. The number of carbonyl (C=O) groups is 1. The predicted molar refractivity (Wildman–Crippen MR) is 63.1 cm³/mol. The third-order valence-electron chi connectivity index (χ3n) is 2.68. The minimum absolute atomic E-state index is 0.0474. The summed E-state index contributed by atoms with van der Waals surface area (Å²) in [6, 6.07) is 5.49. The van der Waals surface area contributed by atoms with Crippen LogP contribution >= 0.6 is 0 Å². The Labute approximate surface area is 91.5 Å². The number of Topliss-reactive ketones (excluding diaryl/α,β-unsaturated/α-hetero) is 1. The lowest BCUT2D eigenvalue weighted by atomic mass is 9.92. The number of carbonyl (C=O) groups excluding carboxylic acids is 1. The molecule has 15 heavy (non-hydrogen) atoms. The molecule has 0 heterocycles. The van der Waals surface area contributed by atoms with Crippen molar-refractivity contribution in [3.8, 4) is 0 Å². The molecule has 1 atom stereocenters. The van der Waals surface area contributed by atoms with Crippen molar-refractivity contribution in [2.45, 2.75) is 33.7 Å². The van der Waals surface area contributed by atoms with Crippen molar-refractivity contribution in [3.05, 3.63) is 34.9 Å². The van der Waals surface area contributed by atoms with E-state index in [1.807, 2.05) is 45.9 Å². The van der Waals surface area contributed by atoms with Gasteiger partial charge in [-0.05, 0) is 31.4 Å². The summed E-state index contributed by atoms with van der Waals surface area (Å²) in [6.45, 7) is 7.86. The monoisotopic (exact) mass is 205 g/mol. The molecule has 0 bridgehead atoms. The summed E-state index contributed by atoms with van der Waals surface area (Å²) in [5.41, 5.74) is 8.72. The zero-order valence-electron chi connectivity index (χ0n) is 9.87. The van der Waals surface area contributed by atoms with Gasteiger partial charge < -0.3 is 5.73 Å². The first-order valence-electron chi connectivity index (χ1n) is 5.30. The topological polar surface area (TPSA) is 43.1 Å². The van der Waals surface area contributed by atoms with Crippen LogP contribution in [0.2, 0.25) is 0 Å². The number of hydrogen-bond acceptors (Lipinski definition) is 2. The van der Waals surface area contributed by atoms with E-state index in [1.54, 1.807) is 0 Å². The fraction of sp³-hybridized carbons (Fsp3) is 0.462. The quantitative estimate of drug-likeness (QED) is 0.770. The molecule has 0 aromatic heterocycles. The van der Waals surface area contributed by atoms with Gasteiger partial charge in [-0.15, -0.1) is 0 Å². The van der Waals surface area contributed by atoms with E-state index in [-0.39, 0.29) is 11.7 Å². The highest BCUT2D eigenvalue weighted by molar-refractivity contribution is 6.01. The lowest BCUT2D eigenvalue weighted by Crippen LogP contribution is -2.35. The van der Waals surface area contributed by atoms with Crippen molar-refractivity contribution in [1.29, 1.82) is 0 Å².